The van der Waals surface area contributed by atoms with Crippen LogP contribution in [-0.4, -0.2) is 10.1 Å². The molecule has 6 heteroatoms. The fraction of sp³-hybridized carbons (Fsp3) is 0.769. The third-order valence-corrected chi connectivity index (χ3v) is 5.19. The second kappa shape index (κ2) is 5.40. The first kappa shape index (κ1) is 14.8. The summed E-state index contributed by atoms with van der Waals surface area (Å²) in [5, 5.41) is 9.75. The van der Waals surface area contributed by atoms with Crippen molar-refractivity contribution in [1.29, 1.82) is 0 Å². The Hall–Kier alpha value is -0.620. The number of hydrogen-bond donors (Lipinski definition) is 1. The van der Waals surface area contributed by atoms with Crippen molar-refractivity contribution in [3.8, 4) is 0 Å². The van der Waals surface area contributed by atoms with Crippen LogP contribution >= 0.6 is 11.3 Å². The number of halogens is 3. The van der Waals surface area contributed by atoms with Gasteiger partial charge in [0.15, 0.2) is 5.01 Å². The van der Waals surface area contributed by atoms with E-state index < -0.39 is 16.8 Å². The number of rotatable bonds is 2. The predicted octanol–water partition coefficient (Wildman–Crippen LogP) is 4.34. The Kier molecular flexibility index (Phi) is 4.20. The molecule has 19 heavy (non-hydrogen) atoms. The summed E-state index contributed by atoms with van der Waals surface area (Å²) in [7, 11) is 0. The van der Waals surface area contributed by atoms with E-state index >= 15 is 0 Å². The zero-order chi connectivity index (χ0) is 14.1. The van der Waals surface area contributed by atoms with Gasteiger partial charge in [-0.2, -0.15) is 13.2 Å². The SMILES string of the molecule is CCC1CCCC(O)(c2cnc(C(F)(F)F)s2)CC1. The lowest BCUT2D eigenvalue weighted by Gasteiger charge is -2.24. The Bertz CT molecular complexity index is 432. The van der Waals surface area contributed by atoms with Gasteiger partial charge in [-0.15, -0.1) is 11.3 Å². The maximum Gasteiger partial charge on any atom is 0.443 e. The molecule has 1 heterocycles. The van der Waals surface area contributed by atoms with Crippen LogP contribution in [0.25, 0.3) is 0 Å². The Labute approximate surface area is 114 Å². The summed E-state index contributed by atoms with van der Waals surface area (Å²) < 4.78 is 37.7. The average Bonchev–Trinajstić information content (AvgIpc) is 2.76. The van der Waals surface area contributed by atoms with Gasteiger partial charge in [-0.1, -0.05) is 19.8 Å². The van der Waals surface area contributed by atoms with Crippen LogP contribution in [0.5, 0.6) is 0 Å². The molecule has 1 aromatic heterocycles. The molecule has 0 saturated heterocycles. The van der Waals surface area contributed by atoms with Crippen molar-refractivity contribution in [2.45, 2.75) is 57.2 Å². The molecule has 2 nitrogen and oxygen atoms in total. The molecule has 1 fully saturated rings. The quantitative estimate of drug-likeness (QED) is 0.823. The number of hydrogen-bond acceptors (Lipinski definition) is 3. The van der Waals surface area contributed by atoms with E-state index in [0.29, 0.717) is 35.0 Å². The minimum Gasteiger partial charge on any atom is -0.384 e. The van der Waals surface area contributed by atoms with E-state index in [-0.39, 0.29) is 0 Å². The smallest absolute Gasteiger partial charge is 0.384 e. The molecule has 0 aromatic carbocycles. The molecular formula is C13H18F3NOS. The van der Waals surface area contributed by atoms with Crippen LogP contribution < -0.4 is 0 Å². The van der Waals surface area contributed by atoms with Crippen LogP contribution in [0.4, 0.5) is 13.2 Å². The fourth-order valence-electron chi connectivity index (χ4n) is 2.67. The normalized spacial score (nSPS) is 29.2. The molecule has 1 aliphatic rings. The Morgan fingerprint density at radius 3 is 2.74 bits per heavy atom. The second-order valence-corrected chi connectivity index (χ2v) is 6.29. The van der Waals surface area contributed by atoms with Crippen LogP contribution in [0.1, 0.15) is 55.3 Å². The van der Waals surface area contributed by atoms with Gasteiger partial charge in [0, 0.05) is 6.20 Å². The molecule has 0 bridgehead atoms. The largest absolute Gasteiger partial charge is 0.443 e. The number of alkyl halides is 3. The van der Waals surface area contributed by atoms with Crippen molar-refractivity contribution < 1.29 is 18.3 Å². The van der Waals surface area contributed by atoms with Gasteiger partial charge >= 0.3 is 6.18 Å². The maximum atomic E-state index is 12.6. The third kappa shape index (κ3) is 3.28. The zero-order valence-corrected chi connectivity index (χ0v) is 11.7. The molecule has 1 N–H and O–H groups in total. The molecule has 0 aliphatic heterocycles. The molecule has 0 spiro atoms. The van der Waals surface area contributed by atoms with E-state index in [0.717, 1.165) is 25.7 Å². The average molecular weight is 293 g/mol. The van der Waals surface area contributed by atoms with E-state index in [4.69, 9.17) is 0 Å². The zero-order valence-electron chi connectivity index (χ0n) is 10.8. The van der Waals surface area contributed by atoms with E-state index in [2.05, 4.69) is 11.9 Å². The monoisotopic (exact) mass is 293 g/mol. The lowest BCUT2D eigenvalue weighted by Crippen LogP contribution is -2.23. The highest BCUT2D eigenvalue weighted by Gasteiger charge is 2.39. The van der Waals surface area contributed by atoms with Crippen molar-refractivity contribution in [3.05, 3.63) is 16.1 Å². The van der Waals surface area contributed by atoms with Crippen LogP contribution in [0.15, 0.2) is 6.20 Å². The highest BCUT2D eigenvalue weighted by molar-refractivity contribution is 7.11. The van der Waals surface area contributed by atoms with Gasteiger partial charge in [0.2, 0.25) is 0 Å². The van der Waals surface area contributed by atoms with Gasteiger partial charge in [0.25, 0.3) is 0 Å². The van der Waals surface area contributed by atoms with E-state index in [1.54, 1.807) is 0 Å². The van der Waals surface area contributed by atoms with Crippen molar-refractivity contribution in [1.82, 2.24) is 4.98 Å². The molecule has 0 radical (unpaired) electrons. The third-order valence-electron chi connectivity index (χ3n) is 3.95. The lowest BCUT2D eigenvalue weighted by atomic mass is 9.92. The number of thiazole rings is 1. The number of aromatic nitrogens is 1. The first-order chi connectivity index (χ1) is 8.85. The number of nitrogens with zero attached hydrogens (tertiary/aromatic N) is 1. The van der Waals surface area contributed by atoms with Gasteiger partial charge in [-0.05, 0) is 31.6 Å². The molecule has 1 aromatic rings. The minimum atomic E-state index is -4.42. The minimum absolute atomic E-state index is 0.358. The van der Waals surface area contributed by atoms with Crippen molar-refractivity contribution in [3.63, 3.8) is 0 Å². The van der Waals surface area contributed by atoms with Gasteiger partial charge in [0.05, 0.1) is 4.88 Å². The highest BCUT2D eigenvalue weighted by atomic mass is 32.1. The molecule has 2 unspecified atom stereocenters. The summed E-state index contributed by atoms with van der Waals surface area (Å²) in [5.74, 6) is 0.573. The van der Waals surface area contributed by atoms with Crippen molar-refractivity contribution >= 4 is 11.3 Å². The van der Waals surface area contributed by atoms with Crippen molar-refractivity contribution in [2.24, 2.45) is 5.92 Å². The molecule has 1 aliphatic carbocycles. The van der Waals surface area contributed by atoms with Crippen molar-refractivity contribution in [2.75, 3.05) is 0 Å². The summed E-state index contributed by atoms with van der Waals surface area (Å²) in [6, 6.07) is 0. The van der Waals surface area contributed by atoms with Gasteiger partial charge in [0.1, 0.15) is 5.60 Å². The summed E-state index contributed by atoms with van der Waals surface area (Å²) in [4.78, 5) is 3.77. The molecule has 2 rings (SSSR count). The number of aliphatic hydroxyl groups is 1. The fourth-order valence-corrected chi connectivity index (χ4v) is 3.60. The first-order valence-electron chi connectivity index (χ1n) is 6.61. The molecule has 2 atom stereocenters. The molecule has 108 valence electrons. The van der Waals surface area contributed by atoms with Crippen LogP contribution in [-0.2, 0) is 11.8 Å². The summed E-state index contributed by atoms with van der Waals surface area (Å²) >= 11 is 0.577. The van der Waals surface area contributed by atoms with Crippen LogP contribution in [0.2, 0.25) is 0 Å². The predicted molar refractivity (Wildman–Crippen MR) is 67.9 cm³/mol. The maximum absolute atomic E-state index is 12.6. The summed E-state index contributed by atoms with van der Waals surface area (Å²) in [6.45, 7) is 2.11. The van der Waals surface area contributed by atoms with Crippen LogP contribution in [0, 0.1) is 5.92 Å². The van der Waals surface area contributed by atoms with Gasteiger partial charge < -0.3 is 5.11 Å². The molecule has 0 amide bonds. The van der Waals surface area contributed by atoms with Crippen LogP contribution in [0.3, 0.4) is 0 Å². The Morgan fingerprint density at radius 2 is 2.16 bits per heavy atom. The topological polar surface area (TPSA) is 33.1 Å². The van der Waals surface area contributed by atoms with E-state index in [9.17, 15) is 18.3 Å². The van der Waals surface area contributed by atoms with E-state index in [1.807, 2.05) is 0 Å². The van der Waals surface area contributed by atoms with Gasteiger partial charge in [-0.3, -0.25) is 0 Å². The molecule has 1 saturated carbocycles. The summed E-state index contributed by atoms with van der Waals surface area (Å²) in [5.41, 5.74) is -1.12. The molecular weight excluding hydrogens is 275 g/mol. The Balaban J connectivity index is 2.17. The standard InChI is InChI=1S/C13H18F3NOS/c1-2-9-4-3-6-12(18,7-5-9)10-8-17-11(19-10)13(14,15)16/h8-9,18H,2-7H2,1H3. The van der Waals surface area contributed by atoms with E-state index in [1.165, 1.54) is 6.20 Å². The lowest BCUT2D eigenvalue weighted by molar-refractivity contribution is -0.137. The summed E-state index contributed by atoms with van der Waals surface area (Å²) in [6.07, 6.45) is 1.67. The first-order valence-corrected chi connectivity index (χ1v) is 7.42. The highest BCUT2D eigenvalue weighted by Crippen LogP contribution is 2.43. The second-order valence-electron chi connectivity index (χ2n) is 5.26. The Morgan fingerprint density at radius 1 is 1.42 bits per heavy atom. The van der Waals surface area contributed by atoms with Gasteiger partial charge in [-0.25, -0.2) is 4.98 Å².